The standard InChI is InChI=1S/C21H32BN5O3/c1-15(28)21-25-19(12-26(21)2)17-6-4-16(5-7-17)10-18(22-30-14-23)11-24-20(29)13-27-8-3-9-27/h4-7,12,15,18,22,28H,3,8-11,13-14,23H2,1-2H3,(H,24,29). The molecule has 30 heavy (non-hydrogen) atoms. The second-order valence-corrected chi connectivity index (χ2v) is 8.01. The van der Waals surface area contributed by atoms with Crippen molar-refractivity contribution in [2.75, 3.05) is 32.9 Å². The van der Waals surface area contributed by atoms with Crippen LogP contribution in [0.1, 0.15) is 30.8 Å². The lowest BCUT2D eigenvalue weighted by atomic mass is 9.75. The van der Waals surface area contributed by atoms with E-state index in [1.165, 1.54) is 6.42 Å². The number of nitrogens with one attached hydrogen (secondary N) is 1. The number of likely N-dealkylation sites (tertiary alicyclic amines) is 1. The molecule has 2 heterocycles. The summed E-state index contributed by atoms with van der Waals surface area (Å²) in [5, 5.41) is 12.8. The Morgan fingerprint density at radius 1 is 1.37 bits per heavy atom. The van der Waals surface area contributed by atoms with Crippen LogP contribution in [-0.4, -0.2) is 65.9 Å². The number of imidazole rings is 1. The lowest BCUT2D eigenvalue weighted by molar-refractivity contribution is -0.123. The molecule has 0 aliphatic carbocycles. The molecule has 1 fully saturated rings. The molecule has 1 aliphatic rings. The molecule has 1 saturated heterocycles. The number of aliphatic hydroxyl groups excluding tert-OH is 1. The molecular formula is C21H32BN5O3. The van der Waals surface area contributed by atoms with Crippen molar-refractivity contribution in [3.63, 3.8) is 0 Å². The zero-order valence-corrected chi connectivity index (χ0v) is 17.9. The number of carbonyl (C=O) groups is 1. The fourth-order valence-electron chi connectivity index (χ4n) is 3.63. The first-order valence-corrected chi connectivity index (χ1v) is 10.5. The summed E-state index contributed by atoms with van der Waals surface area (Å²) in [7, 11) is 2.38. The third kappa shape index (κ3) is 6.15. The number of nitrogens with two attached hydrogens (primary N) is 1. The maximum atomic E-state index is 12.1. The van der Waals surface area contributed by atoms with Crippen LogP contribution in [-0.2, 0) is 22.9 Å². The molecule has 1 aromatic heterocycles. The van der Waals surface area contributed by atoms with E-state index in [9.17, 15) is 9.90 Å². The minimum absolute atomic E-state index is 0.0619. The molecule has 2 atom stereocenters. The molecule has 2 unspecified atom stereocenters. The number of hydrogen-bond donors (Lipinski definition) is 3. The Labute approximate surface area is 178 Å². The SMILES string of the molecule is CC(O)c1nc(-c2ccc(CC(BOCN)CNC(=O)CN3CCC3)cc2)cn1C. The smallest absolute Gasteiger partial charge is 0.281 e. The van der Waals surface area contributed by atoms with Gasteiger partial charge in [0.1, 0.15) is 11.9 Å². The Morgan fingerprint density at radius 3 is 2.67 bits per heavy atom. The van der Waals surface area contributed by atoms with Gasteiger partial charge in [-0.3, -0.25) is 9.69 Å². The van der Waals surface area contributed by atoms with Crippen LogP contribution in [0.15, 0.2) is 30.5 Å². The normalized spacial score (nSPS) is 16.0. The van der Waals surface area contributed by atoms with Gasteiger partial charge in [-0.15, -0.1) is 0 Å². The van der Waals surface area contributed by atoms with Crippen LogP contribution in [0.4, 0.5) is 0 Å². The lowest BCUT2D eigenvalue weighted by Gasteiger charge is -2.30. The van der Waals surface area contributed by atoms with Gasteiger partial charge in [-0.25, -0.2) is 4.98 Å². The Balaban J connectivity index is 1.58. The fraction of sp³-hybridized carbons (Fsp3) is 0.524. The van der Waals surface area contributed by atoms with Gasteiger partial charge in [-0.2, -0.15) is 0 Å². The van der Waals surface area contributed by atoms with Crippen LogP contribution >= 0.6 is 0 Å². The average Bonchev–Trinajstić information content (AvgIpc) is 3.09. The Morgan fingerprint density at radius 2 is 2.10 bits per heavy atom. The number of nitrogens with zero attached hydrogens (tertiary/aromatic N) is 3. The number of amides is 1. The average molecular weight is 413 g/mol. The van der Waals surface area contributed by atoms with Crippen LogP contribution in [0.2, 0.25) is 5.82 Å². The van der Waals surface area contributed by atoms with Gasteiger partial charge in [0.25, 0.3) is 7.48 Å². The first kappa shape index (κ1) is 22.5. The fourth-order valence-corrected chi connectivity index (χ4v) is 3.63. The summed E-state index contributed by atoms with van der Waals surface area (Å²) in [6, 6.07) is 8.21. The summed E-state index contributed by atoms with van der Waals surface area (Å²) in [6.07, 6.45) is 3.27. The van der Waals surface area contributed by atoms with Gasteiger partial charge in [-0.1, -0.05) is 24.3 Å². The molecule has 4 N–H and O–H groups in total. The third-order valence-corrected chi connectivity index (χ3v) is 5.44. The van der Waals surface area contributed by atoms with Crippen LogP contribution in [0.3, 0.4) is 0 Å². The highest BCUT2D eigenvalue weighted by Crippen LogP contribution is 2.23. The molecule has 1 aliphatic heterocycles. The van der Waals surface area contributed by atoms with E-state index in [0.29, 0.717) is 26.4 Å². The van der Waals surface area contributed by atoms with Gasteiger partial charge in [-0.05, 0) is 44.2 Å². The van der Waals surface area contributed by atoms with Crippen molar-refractivity contribution in [2.45, 2.75) is 31.7 Å². The number of carbonyl (C=O) groups excluding carboxylic acids is 1. The zero-order chi connectivity index (χ0) is 21.5. The van der Waals surface area contributed by atoms with Crippen molar-refractivity contribution in [1.82, 2.24) is 19.8 Å². The highest BCUT2D eigenvalue weighted by molar-refractivity contribution is 6.29. The van der Waals surface area contributed by atoms with E-state index in [1.54, 1.807) is 6.92 Å². The van der Waals surface area contributed by atoms with Gasteiger partial charge in [0, 0.05) is 25.4 Å². The van der Waals surface area contributed by atoms with E-state index in [0.717, 1.165) is 36.3 Å². The summed E-state index contributed by atoms with van der Waals surface area (Å²) < 4.78 is 7.27. The number of benzene rings is 1. The van der Waals surface area contributed by atoms with Crippen molar-refractivity contribution in [2.24, 2.45) is 12.8 Å². The van der Waals surface area contributed by atoms with E-state index in [4.69, 9.17) is 10.4 Å². The molecule has 162 valence electrons. The first-order chi connectivity index (χ1) is 14.5. The van der Waals surface area contributed by atoms with Gasteiger partial charge in [0.2, 0.25) is 5.91 Å². The number of aryl methyl sites for hydroxylation is 1. The largest absolute Gasteiger partial charge is 0.427 e. The quantitative estimate of drug-likeness (QED) is 0.368. The summed E-state index contributed by atoms with van der Waals surface area (Å²) in [6.45, 7) is 4.93. The Kier molecular flexibility index (Phi) is 8.04. The second-order valence-electron chi connectivity index (χ2n) is 8.01. The van der Waals surface area contributed by atoms with Gasteiger partial charge in [0.05, 0.1) is 19.0 Å². The molecule has 2 aromatic rings. The lowest BCUT2D eigenvalue weighted by Crippen LogP contribution is -2.45. The van der Waals surface area contributed by atoms with E-state index in [-0.39, 0.29) is 18.5 Å². The van der Waals surface area contributed by atoms with Crippen LogP contribution in [0.25, 0.3) is 11.3 Å². The van der Waals surface area contributed by atoms with Crippen LogP contribution < -0.4 is 11.1 Å². The number of hydrogen-bond acceptors (Lipinski definition) is 6. The van der Waals surface area contributed by atoms with E-state index >= 15 is 0 Å². The van der Waals surface area contributed by atoms with Crippen molar-refractivity contribution in [3.8, 4) is 11.3 Å². The van der Waals surface area contributed by atoms with Crippen molar-refractivity contribution in [1.29, 1.82) is 0 Å². The maximum Gasteiger partial charge on any atom is 0.281 e. The molecule has 1 aromatic carbocycles. The van der Waals surface area contributed by atoms with E-state index in [2.05, 4.69) is 27.3 Å². The van der Waals surface area contributed by atoms with Crippen molar-refractivity contribution < 1.29 is 14.6 Å². The molecule has 3 rings (SSSR count). The topological polar surface area (TPSA) is 106 Å². The highest BCUT2D eigenvalue weighted by Gasteiger charge is 2.19. The number of aliphatic hydroxyl groups is 1. The minimum Gasteiger partial charge on any atom is -0.427 e. The molecule has 1 amide bonds. The van der Waals surface area contributed by atoms with Crippen LogP contribution in [0, 0.1) is 0 Å². The van der Waals surface area contributed by atoms with Crippen LogP contribution in [0.5, 0.6) is 0 Å². The Bertz CT molecular complexity index is 821. The Hall–Kier alpha value is -2.20. The monoisotopic (exact) mass is 413 g/mol. The van der Waals surface area contributed by atoms with Gasteiger partial charge >= 0.3 is 0 Å². The molecule has 0 saturated carbocycles. The molecule has 8 nitrogen and oxygen atoms in total. The molecule has 0 radical (unpaired) electrons. The zero-order valence-electron chi connectivity index (χ0n) is 17.9. The molecule has 9 heteroatoms. The summed E-state index contributed by atoms with van der Waals surface area (Å²) in [5.74, 6) is 0.852. The first-order valence-electron chi connectivity index (χ1n) is 10.5. The number of aromatic nitrogens is 2. The minimum atomic E-state index is -0.609. The molecule has 0 bridgehead atoms. The van der Waals surface area contributed by atoms with E-state index < -0.39 is 6.10 Å². The molecular weight excluding hydrogens is 381 g/mol. The van der Waals surface area contributed by atoms with Crippen molar-refractivity contribution >= 4 is 13.4 Å². The summed E-state index contributed by atoms with van der Waals surface area (Å²) >= 11 is 0. The van der Waals surface area contributed by atoms with Gasteiger partial charge < -0.3 is 25.4 Å². The molecule has 0 spiro atoms. The number of rotatable bonds is 11. The summed E-state index contributed by atoms with van der Waals surface area (Å²) in [5.41, 5.74) is 8.49. The third-order valence-electron chi connectivity index (χ3n) is 5.44. The maximum absolute atomic E-state index is 12.1. The summed E-state index contributed by atoms with van der Waals surface area (Å²) in [4.78, 5) is 18.8. The second kappa shape index (κ2) is 10.7. The highest BCUT2D eigenvalue weighted by atomic mass is 16.4. The van der Waals surface area contributed by atoms with Gasteiger partial charge in [0.15, 0.2) is 0 Å². The predicted molar refractivity (Wildman–Crippen MR) is 118 cm³/mol. The predicted octanol–water partition coefficient (Wildman–Crippen LogP) is 0.578. The van der Waals surface area contributed by atoms with E-state index in [1.807, 2.05) is 29.9 Å². The van der Waals surface area contributed by atoms with Crippen molar-refractivity contribution in [3.05, 3.63) is 41.9 Å².